The lowest BCUT2D eigenvalue weighted by molar-refractivity contribution is 0.0994. The summed E-state index contributed by atoms with van der Waals surface area (Å²) in [5.74, 6) is 0.0613. The van der Waals surface area contributed by atoms with Gasteiger partial charge in [-0.1, -0.05) is 12.1 Å². The highest BCUT2D eigenvalue weighted by Crippen LogP contribution is 2.28. The van der Waals surface area contributed by atoms with Crippen LogP contribution in [0, 0.1) is 0 Å². The number of pyridine rings is 1. The summed E-state index contributed by atoms with van der Waals surface area (Å²) in [6.45, 7) is 1.72. The lowest BCUT2D eigenvalue weighted by atomic mass is 10.0. The van der Waals surface area contributed by atoms with E-state index in [1.807, 2.05) is 24.3 Å². The monoisotopic (exact) mass is 283 g/mol. The predicted octanol–water partition coefficient (Wildman–Crippen LogP) is 1.59. The molecule has 3 N–H and O–H groups in total. The second kappa shape index (κ2) is 5.93. The van der Waals surface area contributed by atoms with Gasteiger partial charge in [0, 0.05) is 24.5 Å². The van der Waals surface area contributed by atoms with Crippen molar-refractivity contribution in [2.24, 2.45) is 5.73 Å². The minimum Gasteiger partial charge on any atom is -0.488 e. The van der Waals surface area contributed by atoms with Crippen LogP contribution in [-0.4, -0.2) is 30.1 Å². The molecular weight excluding hydrogens is 266 g/mol. The van der Waals surface area contributed by atoms with E-state index in [4.69, 9.17) is 10.5 Å². The Morgan fingerprint density at radius 3 is 2.90 bits per heavy atom. The van der Waals surface area contributed by atoms with Crippen LogP contribution in [-0.2, 0) is 0 Å². The van der Waals surface area contributed by atoms with Crippen LogP contribution in [0.1, 0.15) is 16.8 Å². The third kappa shape index (κ3) is 3.03. The normalized spacial score (nSPS) is 17.6. The molecule has 0 saturated carbocycles. The third-order valence-electron chi connectivity index (χ3n) is 3.55. The molecule has 0 aliphatic carbocycles. The van der Waals surface area contributed by atoms with Crippen LogP contribution >= 0.6 is 0 Å². The number of aromatic nitrogens is 1. The van der Waals surface area contributed by atoms with Crippen molar-refractivity contribution in [1.82, 2.24) is 10.3 Å². The zero-order valence-electron chi connectivity index (χ0n) is 11.6. The fraction of sp³-hybridized carbons (Fsp3) is 0.250. The quantitative estimate of drug-likeness (QED) is 0.893. The summed E-state index contributed by atoms with van der Waals surface area (Å²) in [6, 6.07) is 9.26. The Morgan fingerprint density at radius 1 is 1.33 bits per heavy atom. The van der Waals surface area contributed by atoms with Crippen molar-refractivity contribution in [3.8, 4) is 16.9 Å². The number of carbonyl (C=O) groups is 1. The highest BCUT2D eigenvalue weighted by molar-refractivity contribution is 5.96. The summed E-state index contributed by atoms with van der Waals surface area (Å²) >= 11 is 0. The minimum atomic E-state index is -0.478. The molecule has 1 amide bonds. The van der Waals surface area contributed by atoms with E-state index >= 15 is 0 Å². The number of primary amides is 1. The second-order valence-corrected chi connectivity index (χ2v) is 5.05. The Hall–Kier alpha value is -2.40. The molecule has 1 atom stereocenters. The Kier molecular flexibility index (Phi) is 3.83. The van der Waals surface area contributed by atoms with Gasteiger partial charge in [-0.05, 0) is 36.7 Å². The predicted molar refractivity (Wildman–Crippen MR) is 80.1 cm³/mol. The molecule has 108 valence electrons. The number of amides is 1. The highest BCUT2D eigenvalue weighted by atomic mass is 16.5. The maximum absolute atomic E-state index is 11.6. The van der Waals surface area contributed by atoms with E-state index in [9.17, 15) is 4.79 Å². The number of hydrogen-bond donors (Lipinski definition) is 2. The van der Waals surface area contributed by atoms with Crippen LogP contribution < -0.4 is 15.8 Å². The summed E-state index contributed by atoms with van der Waals surface area (Å²) in [5.41, 5.74) is 7.77. The topological polar surface area (TPSA) is 77.2 Å². The average Bonchev–Trinajstić information content (AvgIpc) is 3.01. The van der Waals surface area contributed by atoms with Gasteiger partial charge in [-0.3, -0.25) is 9.78 Å². The molecule has 2 aromatic rings. The molecule has 3 rings (SSSR count). The van der Waals surface area contributed by atoms with E-state index in [2.05, 4.69) is 10.3 Å². The number of nitrogens with one attached hydrogen (secondary N) is 1. The lowest BCUT2D eigenvalue weighted by Gasteiger charge is -2.16. The Labute approximate surface area is 123 Å². The van der Waals surface area contributed by atoms with Gasteiger partial charge in [0.25, 0.3) is 5.91 Å². The van der Waals surface area contributed by atoms with Crippen molar-refractivity contribution in [3.63, 3.8) is 0 Å². The first-order valence-electron chi connectivity index (χ1n) is 6.95. The Bertz CT molecular complexity index is 637. The Balaban J connectivity index is 1.95. The molecule has 21 heavy (non-hydrogen) atoms. The number of ether oxygens (including phenoxy) is 1. The van der Waals surface area contributed by atoms with E-state index in [1.165, 1.54) is 0 Å². The first-order chi connectivity index (χ1) is 10.2. The summed E-state index contributed by atoms with van der Waals surface area (Å²) in [5, 5.41) is 3.24. The van der Waals surface area contributed by atoms with Gasteiger partial charge < -0.3 is 15.8 Å². The van der Waals surface area contributed by atoms with E-state index in [-0.39, 0.29) is 6.10 Å². The van der Waals surface area contributed by atoms with Crippen molar-refractivity contribution in [1.29, 1.82) is 0 Å². The average molecular weight is 283 g/mol. The molecule has 5 heteroatoms. The maximum atomic E-state index is 11.6. The van der Waals surface area contributed by atoms with E-state index in [0.29, 0.717) is 11.3 Å². The summed E-state index contributed by atoms with van der Waals surface area (Å²) in [4.78, 5) is 15.7. The van der Waals surface area contributed by atoms with Gasteiger partial charge >= 0.3 is 0 Å². The molecule has 1 saturated heterocycles. The number of hydrogen-bond acceptors (Lipinski definition) is 4. The second-order valence-electron chi connectivity index (χ2n) is 5.05. The third-order valence-corrected chi connectivity index (χ3v) is 3.55. The van der Waals surface area contributed by atoms with Gasteiger partial charge in [0.05, 0.1) is 5.56 Å². The molecule has 2 heterocycles. The molecule has 1 fully saturated rings. The van der Waals surface area contributed by atoms with Crippen LogP contribution in [0.15, 0.2) is 42.7 Å². The first kappa shape index (κ1) is 13.6. The maximum Gasteiger partial charge on any atom is 0.252 e. The number of nitrogens with two attached hydrogens (primary N) is 1. The fourth-order valence-corrected chi connectivity index (χ4v) is 2.44. The van der Waals surface area contributed by atoms with Gasteiger partial charge in [0.1, 0.15) is 11.9 Å². The van der Waals surface area contributed by atoms with E-state index in [0.717, 1.165) is 30.6 Å². The number of rotatable bonds is 4. The molecule has 1 aliphatic heterocycles. The number of benzene rings is 1. The van der Waals surface area contributed by atoms with Gasteiger partial charge in [0.15, 0.2) is 0 Å². The molecule has 1 unspecified atom stereocenters. The molecule has 1 aliphatic rings. The van der Waals surface area contributed by atoms with Crippen molar-refractivity contribution in [2.45, 2.75) is 12.5 Å². The van der Waals surface area contributed by atoms with Crippen molar-refractivity contribution >= 4 is 5.91 Å². The van der Waals surface area contributed by atoms with Gasteiger partial charge in [-0.25, -0.2) is 0 Å². The smallest absolute Gasteiger partial charge is 0.252 e. The van der Waals surface area contributed by atoms with Crippen molar-refractivity contribution < 1.29 is 9.53 Å². The molecule has 5 nitrogen and oxygen atoms in total. The standard InChI is InChI=1S/C16H17N3O2/c17-16(20)14-4-3-11(12-2-1-6-18-9-12)8-15(14)21-13-5-7-19-10-13/h1-4,6,8-9,13,19H,5,7,10H2,(H2,17,20). The largest absolute Gasteiger partial charge is 0.488 e. The summed E-state index contributed by atoms with van der Waals surface area (Å²) in [7, 11) is 0. The molecule has 0 bridgehead atoms. The number of nitrogens with zero attached hydrogens (tertiary/aromatic N) is 1. The van der Waals surface area contributed by atoms with E-state index in [1.54, 1.807) is 18.5 Å². The van der Waals surface area contributed by atoms with E-state index < -0.39 is 5.91 Å². The SMILES string of the molecule is NC(=O)c1ccc(-c2cccnc2)cc1OC1CCNC1. The Morgan fingerprint density at radius 2 is 2.24 bits per heavy atom. The van der Waals surface area contributed by atoms with Crippen LogP contribution in [0.5, 0.6) is 5.75 Å². The van der Waals surface area contributed by atoms with Gasteiger partial charge in [-0.2, -0.15) is 0 Å². The fourth-order valence-electron chi connectivity index (χ4n) is 2.44. The van der Waals surface area contributed by atoms with Gasteiger partial charge in [-0.15, -0.1) is 0 Å². The zero-order valence-corrected chi connectivity index (χ0v) is 11.6. The van der Waals surface area contributed by atoms with Crippen LogP contribution in [0.25, 0.3) is 11.1 Å². The minimum absolute atomic E-state index is 0.0762. The summed E-state index contributed by atoms with van der Waals surface area (Å²) in [6.07, 6.45) is 4.51. The molecule has 0 radical (unpaired) electrons. The highest BCUT2D eigenvalue weighted by Gasteiger charge is 2.19. The van der Waals surface area contributed by atoms with Crippen molar-refractivity contribution in [2.75, 3.05) is 13.1 Å². The summed E-state index contributed by atoms with van der Waals surface area (Å²) < 4.78 is 5.95. The van der Waals surface area contributed by atoms with Gasteiger partial charge in [0.2, 0.25) is 0 Å². The van der Waals surface area contributed by atoms with Crippen LogP contribution in [0.3, 0.4) is 0 Å². The molecule has 1 aromatic heterocycles. The molecular formula is C16H17N3O2. The molecule has 1 aromatic carbocycles. The van der Waals surface area contributed by atoms with Crippen LogP contribution in [0.4, 0.5) is 0 Å². The van der Waals surface area contributed by atoms with Crippen LogP contribution in [0.2, 0.25) is 0 Å². The molecule has 0 spiro atoms. The first-order valence-corrected chi connectivity index (χ1v) is 6.95. The lowest BCUT2D eigenvalue weighted by Crippen LogP contribution is -2.22. The van der Waals surface area contributed by atoms with Crippen molar-refractivity contribution in [3.05, 3.63) is 48.3 Å². The number of carbonyl (C=O) groups excluding carboxylic acids is 1. The zero-order chi connectivity index (χ0) is 14.7.